The Morgan fingerprint density at radius 1 is 1.38 bits per heavy atom. The van der Waals surface area contributed by atoms with E-state index in [1.54, 1.807) is 20.8 Å². The first-order valence-electron chi connectivity index (χ1n) is 8.31. The Morgan fingerprint density at radius 2 is 2.04 bits per heavy atom. The molecule has 2 unspecified atom stereocenters. The molecule has 0 aromatic heterocycles. The third-order valence-electron chi connectivity index (χ3n) is 4.10. The Morgan fingerprint density at radius 3 is 2.62 bits per heavy atom. The van der Waals surface area contributed by atoms with Crippen LogP contribution in [0.25, 0.3) is 0 Å². The number of likely N-dealkylation sites (tertiary alicyclic amines) is 1. The summed E-state index contributed by atoms with van der Waals surface area (Å²) < 4.78 is 5.16. The summed E-state index contributed by atoms with van der Waals surface area (Å²) in [4.78, 5) is 13.8. The number of hydrogen-bond acceptors (Lipinski definition) is 5. The van der Waals surface area contributed by atoms with Crippen LogP contribution in [0, 0.1) is 0 Å². The number of aliphatic hydroxyl groups is 2. The Balaban J connectivity index is 1.84. The first-order valence-corrected chi connectivity index (χ1v) is 8.31. The van der Waals surface area contributed by atoms with E-state index in [0.29, 0.717) is 19.5 Å². The summed E-state index contributed by atoms with van der Waals surface area (Å²) >= 11 is 0. The zero-order valence-electron chi connectivity index (χ0n) is 14.7. The average molecular weight is 336 g/mol. The third kappa shape index (κ3) is 5.47. The van der Waals surface area contributed by atoms with E-state index in [1.165, 1.54) is 5.56 Å². The topological polar surface area (TPSA) is 82.0 Å². The van der Waals surface area contributed by atoms with Gasteiger partial charge in [-0.15, -0.1) is 0 Å². The van der Waals surface area contributed by atoms with Gasteiger partial charge in [0.2, 0.25) is 0 Å². The van der Waals surface area contributed by atoms with Gasteiger partial charge in [-0.2, -0.15) is 0 Å². The van der Waals surface area contributed by atoms with Crippen molar-refractivity contribution < 1.29 is 19.7 Å². The second kappa shape index (κ2) is 7.51. The number of amides is 1. The van der Waals surface area contributed by atoms with Gasteiger partial charge in [0, 0.05) is 19.6 Å². The lowest BCUT2D eigenvalue weighted by molar-refractivity contribution is -0.117. The van der Waals surface area contributed by atoms with Gasteiger partial charge in [0.25, 0.3) is 0 Å². The Labute approximate surface area is 143 Å². The van der Waals surface area contributed by atoms with Gasteiger partial charge in [-0.3, -0.25) is 4.90 Å². The van der Waals surface area contributed by atoms with Gasteiger partial charge in [0.15, 0.2) is 0 Å². The van der Waals surface area contributed by atoms with E-state index in [1.807, 2.05) is 30.3 Å². The Hall–Kier alpha value is -1.63. The molecule has 0 radical (unpaired) electrons. The third-order valence-corrected chi connectivity index (χ3v) is 4.10. The van der Waals surface area contributed by atoms with Crippen LogP contribution in [-0.4, -0.2) is 58.1 Å². The summed E-state index contributed by atoms with van der Waals surface area (Å²) in [6.07, 6.45) is -1.13. The molecule has 0 spiro atoms. The zero-order chi connectivity index (χ0) is 17.8. The maximum atomic E-state index is 11.7. The van der Waals surface area contributed by atoms with Crippen molar-refractivity contribution in [3.05, 3.63) is 35.9 Å². The quantitative estimate of drug-likeness (QED) is 0.776. The number of piperidine rings is 1. The summed E-state index contributed by atoms with van der Waals surface area (Å²) in [6, 6.07) is 10.0. The number of hydrogen-bond donors (Lipinski definition) is 3. The fourth-order valence-corrected chi connectivity index (χ4v) is 2.75. The number of carbonyl (C=O) groups excluding carboxylic acids is 1. The largest absolute Gasteiger partial charge is 0.444 e. The van der Waals surface area contributed by atoms with Crippen LogP contribution in [-0.2, 0) is 11.3 Å². The highest BCUT2D eigenvalue weighted by Gasteiger charge is 2.41. The van der Waals surface area contributed by atoms with Crippen LogP contribution in [0.1, 0.15) is 32.8 Å². The molecule has 1 fully saturated rings. The summed E-state index contributed by atoms with van der Waals surface area (Å²) in [6.45, 7) is 7.05. The van der Waals surface area contributed by atoms with E-state index < -0.39 is 23.4 Å². The van der Waals surface area contributed by atoms with Crippen molar-refractivity contribution in [2.45, 2.75) is 51.0 Å². The maximum absolute atomic E-state index is 11.7. The van der Waals surface area contributed by atoms with E-state index in [2.05, 4.69) is 10.2 Å². The molecule has 2 rings (SSSR count). The van der Waals surface area contributed by atoms with Crippen molar-refractivity contribution >= 4 is 6.09 Å². The van der Waals surface area contributed by atoms with Crippen molar-refractivity contribution in [2.24, 2.45) is 0 Å². The summed E-state index contributed by atoms with van der Waals surface area (Å²) in [5.41, 5.74) is -0.754. The van der Waals surface area contributed by atoms with Crippen LogP contribution in [0.5, 0.6) is 0 Å². The van der Waals surface area contributed by atoms with Gasteiger partial charge in [-0.25, -0.2) is 4.79 Å². The first kappa shape index (κ1) is 18.7. The number of carbonyl (C=O) groups is 1. The number of nitrogens with zero attached hydrogens (tertiary/aromatic N) is 1. The number of aliphatic hydroxyl groups excluding tert-OH is 1. The van der Waals surface area contributed by atoms with Crippen molar-refractivity contribution in [3.63, 3.8) is 0 Å². The lowest BCUT2D eigenvalue weighted by Crippen LogP contribution is -2.60. The molecular weight excluding hydrogens is 308 g/mol. The second-order valence-electron chi connectivity index (χ2n) is 7.45. The van der Waals surface area contributed by atoms with Crippen LogP contribution in [0.4, 0.5) is 4.79 Å². The minimum Gasteiger partial charge on any atom is -0.444 e. The summed E-state index contributed by atoms with van der Waals surface area (Å²) in [7, 11) is 0. The molecule has 1 aromatic carbocycles. The fraction of sp³-hybridized carbons (Fsp3) is 0.611. The fourth-order valence-electron chi connectivity index (χ4n) is 2.75. The Bertz CT molecular complexity index is 544. The molecule has 24 heavy (non-hydrogen) atoms. The molecule has 0 aliphatic carbocycles. The normalized spacial score (nSPS) is 25.3. The van der Waals surface area contributed by atoms with Gasteiger partial charge in [0.05, 0.1) is 12.6 Å². The van der Waals surface area contributed by atoms with Gasteiger partial charge < -0.3 is 20.3 Å². The minimum atomic E-state index is -1.33. The Kier molecular flexibility index (Phi) is 5.85. The minimum absolute atomic E-state index is 0.0255. The molecule has 0 saturated carbocycles. The molecule has 1 aliphatic heterocycles. The molecule has 2 atom stereocenters. The number of β-amino-alcohol motifs (C(OH)–C–C–N with tert-alkyl or cyclic N) is 1. The van der Waals surface area contributed by atoms with Gasteiger partial charge in [0.1, 0.15) is 11.2 Å². The monoisotopic (exact) mass is 336 g/mol. The molecule has 1 aliphatic rings. The summed E-state index contributed by atoms with van der Waals surface area (Å²) in [5, 5.41) is 23.5. The predicted molar refractivity (Wildman–Crippen MR) is 91.5 cm³/mol. The van der Waals surface area contributed by atoms with Crippen molar-refractivity contribution in [3.8, 4) is 0 Å². The maximum Gasteiger partial charge on any atom is 0.407 e. The number of alkyl carbamates (subject to hydrolysis) is 1. The van der Waals surface area contributed by atoms with Gasteiger partial charge >= 0.3 is 6.09 Å². The molecule has 134 valence electrons. The lowest BCUT2D eigenvalue weighted by atomic mass is 9.88. The first-order chi connectivity index (χ1) is 11.2. The lowest BCUT2D eigenvalue weighted by Gasteiger charge is -2.42. The van der Waals surface area contributed by atoms with E-state index in [9.17, 15) is 15.0 Å². The van der Waals surface area contributed by atoms with Crippen molar-refractivity contribution in [1.29, 1.82) is 0 Å². The summed E-state index contributed by atoms with van der Waals surface area (Å²) in [5.74, 6) is 0. The molecular formula is C18H28N2O4. The molecule has 6 nitrogen and oxygen atoms in total. The van der Waals surface area contributed by atoms with E-state index in [0.717, 1.165) is 6.54 Å². The van der Waals surface area contributed by atoms with Crippen LogP contribution in [0.15, 0.2) is 30.3 Å². The van der Waals surface area contributed by atoms with Crippen LogP contribution in [0.2, 0.25) is 0 Å². The van der Waals surface area contributed by atoms with E-state index in [4.69, 9.17) is 4.74 Å². The van der Waals surface area contributed by atoms with Crippen LogP contribution in [0.3, 0.4) is 0 Å². The number of ether oxygens (including phenoxy) is 1. The molecule has 3 N–H and O–H groups in total. The molecule has 1 aromatic rings. The highest BCUT2D eigenvalue weighted by molar-refractivity contribution is 5.67. The highest BCUT2D eigenvalue weighted by Crippen LogP contribution is 2.23. The average Bonchev–Trinajstić information content (AvgIpc) is 2.49. The van der Waals surface area contributed by atoms with Gasteiger partial charge in [-0.05, 0) is 32.8 Å². The smallest absolute Gasteiger partial charge is 0.407 e. The number of nitrogens with one attached hydrogen (secondary N) is 1. The molecule has 0 bridgehead atoms. The molecule has 1 amide bonds. The molecule has 1 saturated heterocycles. The van der Waals surface area contributed by atoms with Crippen molar-refractivity contribution in [2.75, 3.05) is 19.6 Å². The van der Waals surface area contributed by atoms with E-state index >= 15 is 0 Å². The van der Waals surface area contributed by atoms with Crippen molar-refractivity contribution in [1.82, 2.24) is 10.2 Å². The molecule has 1 heterocycles. The van der Waals surface area contributed by atoms with E-state index in [-0.39, 0.29) is 6.54 Å². The highest BCUT2D eigenvalue weighted by atomic mass is 16.6. The zero-order valence-corrected chi connectivity index (χ0v) is 14.7. The van der Waals surface area contributed by atoms with Crippen LogP contribution >= 0.6 is 0 Å². The number of benzene rings is 1. The van der Waals surface area contributed by atoms with Crippen LogP contribution < -0.4 is 5.32 Å². The SMILES string of the molecule is CC(C)(C)OC(=O)NCC1(O)CCN(Cc2ccccc2)CC1O. The number of rotatable bonds is 4. The van der Waals surface area contributed by atoms with Gasteiger partial charge in [-0.1, -0.05) is 30.3 Å². The standard InChI is InChI=1S/C18H28N2O4/c1-17(2,3)24-16(22)19-13-18(23)9-10-20(12-15(18)21)11-14-7-5-4-6-8-14/h4-8,15,21,23H,9-13H2,1-3H3,(H,19,22). The predicted octanol–water partition coefficient (Wildman–Crippen LogP) is 1.51. The molecule has 6 heteroatoms. The second-order valence-corrected chi connectivity index (χ2v) is 7.45.